The Morgan fingerprint density at radius 3 is 2.87 bits per heavy atom. The zero-order valence-electron chi connectivity index (χ0n) is 14.6. The van der Waals surface area contributed by atoms with E-state index in [2.05, 4.69) is 14.9 Å². The van der Waals surface area contributed by atoms with Gasteiger partial charge in [0.05, 0.1) is 0 Å². The summed E-state index contributed by atoms with van der Waals surface area (Å²) >= 11 is 1.53. The van der Waals surface area contributed by atoms with Crippen LogP contribution in [0.4, 0.5) is 10.6 Å². The van der Waals surface area contributed by atoms with Gasteiger partial charge in [-0.2, -0.15) is 0 Å². The zero-order chi connectivity index (χ0) is 17.0. The van der Waals surface area contributed by atoms with Gasteiger partial charge < -0.3 is 14.5 Å². The third kappa shape index (κ3) is 4.99. The first-order valence-electron chi connectivity index (χ1n) is 7.88. The van der Waals surface area contributed by atoms with Gasteiger partial charge in [0.1, 0.15) is 11.4 Å². The number of thioether (sulfide) groups is 1. The van der Waals surface area contributed by atoms with Gasteiger partial charge in [-0.3, -0.25) is 0 Å². The average molecular weight is 338 g/mol. The van der Waals surface area contributed by atoms with Crippen molar-refractivity contribution in [3.05, 3.63) is 12.3 Å². The molecule has 1 aromatic heterocycles. The van der Waals surface area contributed by atoms with Gasteiger partial charge in [0.25, 0.3) is 0 Å². The van der Waals surface area contributed by atoms with Crippen LogP contribution in [-0.2, 0) is 4.74 Å². The molecular weight excluding hydrogens is 312 g/mol. The lowest BCUT2D eigenvalue weighted by Crippen LogP contribution is -2.50. The molecule has 2 heterocycles. The van der Waals surface area contributed by atoms with E-state index in [1.165, 1.54) is 11.8 Å². The average Bonchev–Trinajstić information content (AvgIpc) is 2.52. The fourth-order valence-corrected chi connectivity index (χ4v) is 2.93. The van der Waals surface area contributed by atoms with Gasteiger partial charge in [-0.1, -0.05) is 11.8 Å². The first-order chi connectivity index (χ1) is 10.8. The van der Waals surface area contributed by atoms with Crippen LogP contribution in [0.1, 0.15) is 33.6 Å². The third-order valence-electron chi connectivity index (χ3n) is 3.76. The molecule has 6 nitrogen and oxygen atoms in total. The number of nitrogens with zero attached hydrogens (tertiary/aromatic N) is 4. The number of hydrogen-bond acceptors (Lipinski definition) is 6. The summed E-state index contributed by atoms with van der Waals surface area (Å²) in [5, 5.41) is 0.758. The lowest BCUT2D eigenvalue weighted by atomic mass is 10.0. The maximum Gasteiger partial charge on any atom is 0.410 e. The first-order valence-corrected chi connectivity index (χ1v) is 9.10. The summed E-state index contributed by atoms with van der Waals surface area (Å²) in [6, 6.07) is 2.15. The molecule has 0 spiro atoms. The number of piperidine rings is 1. The second-order valence-electron chi connectivity index (χ2n) is 6.73. The van der Waals surface area contributed by atoms with E-state index in [4.69, 9.17) is 4.74 Å². The van der Waals surface area contributed by atoms with Crippen molar-refractivity contribution in [2.75, 3.05) is 31.3 Å². The van der Waals surface area contributed by atoms with Crippen molar-refractivity contribution in [3.63, 3.8) is 0 Å². The predicted molar refractivity (Wildman–Crippen MR) is 93.0 cm³/mol. The minimum atomic E-state index is -0.462. The van der Waals surface area contributed by atoms with Crippen molar-refractivity contribution in [2.24, 2.45) is 0 Å². The standard InChI is InChI=1S/C16H26N4O2S/c1-16(2,3)22-15(21)20-10-6-7-12(11-20)19(4)13-8-9-17-14(18-13)23-5/h8-9,12H,6-7,10-11H2,1-5H3/t12-/m0/s1. The van der Waals surface area contributed by atoms with Gasteiger partial charge in [-0.05, 0) is 45.9 Å². The number of carbonyl (C=O) groups is 1. The van der Waals surface area contributed by atoms with Crippen LogP contribution in [0.15, 0.2) is 17.4 Å². The van der Waals surface area contributed by atoms with Gasteiger partial charge >= 0.3 is 6.09 Å². The van der Waals surface area contributed by atoms with Crippen LogP contribution in [0.5, 0.6) is 0 Å². The Kier molecular flexibility index (Phi) is 5.73. The van der Waals surface area contributed by atoms with Gasteiger partial charge in [-0.25, -0.2) is 14.8 Å². The second-order valence-corrected chi connectivity index (χ2v) is 7.51. The fourth-order valence-electron chi connectivity index (χ4n) is 2.58. The highest BCUT2D eigenvalue weighted by Crippen LogP contribution is 2.22. The zero-order valence-corrected chi connectivity index (χ0v) is 15.4. The van der Waals surface area contributed by atoms with Crippen LogP contribution < -0.4 is 4.90 Å². The minimum Gasteiger partial charge on any atom is -0.444 e. The molecule has 0 unspecified atom stereocenters. The topological polar surface area (TPSA) is 58.6 Å². The third-order valence-corrected chi connectivity index (χ3v) is 4.32. The van der Waals surface area contributed by atoms with E-state index in [0.29, 0.717) is 6.54 Å². The highest BCUT2D eigenvalue weighted by molar-refractivity contribution is 7.98. The summed E-state index contributed by atoms with van der Waals surface area (Å²) in [6.07, 6.45) is 5.51. The molecule has 1 aliphatic heterocycles. The molecule has 1 atom stereocenters. The molecule has 1 aromatic rings. The van der Waals surface area contributed by atoms with Crippen LogP contribution in [-0.4, -0.2) is 59.0 Å². The highest BCUT2D eigenvalue weighted by atomic mass is 32.2. The molecule has 0 aliphatic carbocycles. The number of aromatic nitrogens is 2. The molecule has 1 amide bonds. The number of carbonyl (C=O) groups excluding carboxylic acids is 1. The second kappa shape index (κ2) is 7.38. The molecule has 1 fully saturated rings. The number of ether oxygens (including phenoxy) is 1. The molecule has 0 saturated carbocycles. The Morgan fingerprint density at radius 1 is 1.48 bits per heavy atom. The Labute approximate surface area is 142 Å². The van der Waals surface area contributed by atoms with E-state index in [0.717, 1.165) is 30.4 Å². The van der Waals surface area contributed by atoms with Crippen molar-refractivity contribution in [3.8, 4) is 0 Å². The summed E-state index contributed by atoms with van der Waals surface area (Å²) < 4.78 is 5.49. The normalized spacial score (nSPS) is 18.7. The van der Waals surface area contributed by atoms with Crippen molar-refractivity contribution in [2.45, 2.75) is 50.4 Å². The molecular formula is C16H26N4O2S. The monoisotopic (exact) mass is 338 g/mol. The van der Waals surface area contributed by atoms with E-state index in [9.17, 15) is 4.79 Å². The SMILES string of the molecule is CSc1nccc(N(C)[C@H]2CCCN(C(=O)OC(C)(C)C)C2)n1. The Balaban J connectivity index is 2.03. The van der Waals surface area contributed by atoms with E-state index in [1.807, 2.05) is 40.1 Å². The molecule has 0 N–H and O–H groups in total. The van der Waals surface area contributed by atoms with Crippen LogP contribution >= 0.6 is 11.8 Å². The first kappa shape index (κ1) is 17.8. The molecule has 2 rings (SSSR count). The van der Waals surface area contributed by atoms with Crippen molar-refractivity contribution < 1.29 is 9.53 Å². The van der Waals surface area contributed by atoms with Crippen LogP contribution in [0.2, 0.25) is 0 Å². The number of amides is 1. The van der Waals surface area contributed by atoms with E-state index in [-0.39, 0.29) is 12.1 Å². The molecule has 7 heteroatoms. The van der Waals surface area contributed by atoms with Gasteiger partial charge in [0, 0.05) is 32.4 Å². The maximum absolute atomic E-state index is 12.3. The summed E-state index contributed by atoms with van der Waals surface area (Å²) in [7, 11) is 2.02. The quantitative estimate of drug-likeness (QED) is 0.624. The molecule has 1 saturated heterocycles. The van der Waals surface area contributed by atoms with Gasteiger partial charge in [0.2, 0.25) is 0 Å². The number of likely N-dealkylation sites (tertiary alicyclic amines) is 1. The van der Waals surface area contributed by atoms with Crippen LogP contribution in [0.3, 0.4) is 0 Å². The van der Waals surface area contributed by atoms with E-state index >= 15 is 0 Å². The summed E-state index contributed by atoms with van der Waals surface area (Å²) in [5.41, 5.74) is -0.462. The predicted octanol–water partition coefficient (Wildman–Crippen LogP) is 3.03. The van der Waals surface area contributed by atoms with Crippen molar-refractivity contribution in [1.29, 1.82) is 0 Å². The minimum absolute atomic E-state index is 0.233. The number of hydrogen-bond donors (Lipinski definition) is 0. The Bertz CT molecular complexity index is 547. The Hall–Kier alpha value is -1.50. The smallest absolute Gasteiger partial charge is 0.410 e. The molecule has 0 aromatic carbocycles. The van der Waals surface area contributed by atoms with Crippen molar-refractivity contribution in [1.82, 2.24) is 14.9 Å². The van der Waals surface area contributed by atoms with Gasteiger partial charge in [0.15, 0.2) is 5.16 Å². The van der Waals surface area contributed by atoms with Crippen molar-refractivity contribution >= 4 is 23.7 Å². The lowest BCUT2D eigenvalue weighted by Gasteiger charge is -2.38. The molecule has 128 valence electrons. The van der Waals surface area contributed by atoms with Crippen LogP contribution in [0.25, 0.3) is 0 Å². The highest BCUT2D eigenvalue weighted by Gasteiger charge is 2.29. The number of likely N-dealkylation sites (N-methyl/N-ethyl adjacent to an activating group) is 1. The lowest BCUT2D eigenvalue weighted by molar-refractivity contribution is 0.0199. The summed E-state index contributed by atoms with van der Waals surface area (Å²) in [4.78, 5) is 25.0. The fraction of sp³-hybridized carbons (Fsp3) is 0.688. The Morgan fingerprint density at radius 2 is 2.22 bits per heavy atom. The summed E-state index contributed by atoms with van der Waals surface area (Å²) in [6.45, 7) is 7.08. The molecule has 0 radical (unpaired) electrons. The van der Waals surface area contributed by atoms with E-state index in [1.54, 1.807) is 11.1 Å². The molecule has 23 heavy (non-hydrogen) atoms. The largest absolute Gasteiger partial charge is 0.444 e. The molecule has 1 aliphatic rings. The summed E-state index contributed by atoms with van der Waals surface area (Å²) in [5.74, 6) is 0.889. The molecule has 0 bridgehead atoms. The number of anilines is 1. The maximum atomic E-state index is 12.3. The van der Waals surface area contributed by atoms with Crippen LogP contribution in [0, 0.1) is 0 Å². The number of rotatable bonds is 3. The van der Waals surface area contributed by atoms with Gasteiger partial charge in [-0.15, -0.1) is 0 Å². The van der Waals surface area contributed by atoms with E-state index < -0.39 is 5.60 Å².